The Labute approximate surface area is 126 Å². The minimum Gasteiger partial charge on any atom is -0.355 e. The second kappa shape index (κ2) is 7.74. The third kappa shape index (κ3) is 4.83. The van der Waals surface area contributed by atoms with Crippen molar-refractivity contribution in [2.45, 2.75) is 20.3 Å². The van der Waals surface area contributed by atoms with Gasteiger partial charge in [0.1, 0.15) is 0 Å². The zero-order valence-electron chi connectivity index (χ0n) is 12.7. The summed E-state index contributed by atoms with van der Waals surface area (Å²) in [7, 11) is 0. The SMILES string of the molecule is CC(C)CNC(=O)CNCCc1cccc2cccnc12. The number of nitrogens with one attached hydrogen (secondary N) is 2. The number of carbonyl (C=O) groups excluding carboxylic acids is 1. The average molecular weight is 285 g/mol. The molecule has 0 fully saturated rings. The van der Waals surface area contributed by atoms with E-state index in [1.165, 1.54) is 5.56 Å². The molecule has 0 aliphatic heterocycles. The van der Waals surface area contributed by atoms with Crippen molar-refractivity contribution in [3.63, 3.8) is 0 Å². The highest BCUT2D eigenvalue weighted by atomic mass is 16.1. The largest absolute Gasteiger partial charge is 0.355 e. The summed E-state index contributed by atoms with van der Waals surface area (Å²) in [6, 6.07) is 10.2. The molecule has 0 saturated heterocycles. The van der Waals surface area contributed by atoms with Gasteiger partial charge in [0.2, 0.25) is 5.91 Å². The van der Waals surface area contributed by atoms with Crippen LogP contribution in [0, 0.1) is 5.92 Å². The zero-order valence-corrected chi connectivity index (χ0v) is 12.7. The van der Waals surface area contributed by atoms with E-state index in [2.05, 4.69) is 53.7 Å². The van der Waals surface area contributed by atoms with E-state index in [0.29, 0.717) is 12.5 Å². The van der Waals surface area contributed by atoms with Gasteiger partial charge in [-0.15, -0.1) is 0 Å². The van der Waals surface area contributed by atoms with E-state index < -0.39 is 0 Å². The van der Waals surface area contributed by atoms with Crippen molar-refractivity contribution in [3.05, 3.63) is 42.1 Å². The van der Waals surface area contributed by atoms with Crippen LogP contribution in [0.5, 0.6) is 0 Å². The zero-order chi connectivity index (χ0) is 15.1. The molecule has 0 atom stereocenters. The lowest BCUT2D eigenvalue weighted by atomic mass is 10.1. The fraction of sp³-hybridized carbons (Fsp3) is 0.412. The van der Waals surface area contributed by atoms with Crippen molar-refractivity contribution in [1.29, 1.82) is 0 Å². The Kier molecular flexibility index (Phi) is 5.69. The number of nitrogens with zero attached hydrogens (tertiary/aromatic N) is 1. The first kappa shape index (κ1) is 15.4. The summed E-state index contributed by atoms with van der Waals surface area (Å²) in [5.74, 6) is 0.537. The first-order valence-corrected chi connectivity index (χ1v) is 7.47. The Morgan fingerprint density at radius 2 is 2.05 bits per heavy atom. The molecule has 2 rings (SSSR count). The van der Waals surface area contributed by atoms with Crippen LogP contribution in [0.3, 0.4) is 0 Å². The predicted octanol–water partition coefficient (Wildman–Crippen LogP) is 2.14. The van der Waals surface area contributed by atoms with E-state index >= 15 is 0 Å². The Balaban J connectivity index is 1.79. The van der Waals surface area contributed by atoms with Gasteiger partial charge >= 0.3 is 0 Å². The molecule has 2 aromatic rings. The van der Waals surface area contributed by atoms with Crippen LogP contribution in [0.15, 0.2) is 36.5 Å². The van der Waals surface area contributed by atoms with Crippen molar-refractivity contribution >= 4 is 16.8 Å². The first-order valence-electron chi connectivity index (χ1n) is 7.47. The van der Waals surface area contributed by atoms with Crippen LogP contribution < -0.4 is 10.6 Å². The Bertz CT molecular complexity index is 590. The Morgan fingerprint density at radius 3 is 2.86 bits per heavy atom. The van der Waals surface area contributed by atoms with Crippen molar-refractivity contribution in [3.8, 4) is 0 Å². The standard InChI is InChI=1S/C17H23N3O/c1-13(2)11-20-16(21)12-18-10-8-15-6-3-5-14-7-4-9-19-17(14)15/h3-7,9,13,18H,8,10-12H2,1-2H3,(H,20,21). The summed E-state index contributed by atoms with van der Waals surface area (Å²) >= 11 is 0. The minimum absolute atomic E-state index is 0.0553. The van der Waals surface area contributed by atoms with Crippen molar-refractivity contribution < 1.29 is 4.79 Å². The quantitative estimate of drug-likeness (QED) is 0.766. The average Bonchev–Trinajstić information content (AvgIpc) is 2.49. The molecule has 1 aromatic carbocycles. The lowest BCUT2D eigenvalue weighted by Crippen LogP contribution is -2.36. The van der Waals surface area contributed by atoms with Gasteiger partial charge in [0.05, 0.1) is 12.1 Å². The maximum absolute atomic E-state index is 11.6. The second-order valence-corrected chi connectivity index (χ2v) is 5.62. The van der Waals surface area contributed by atoms with Crippen molar-refractivity contribution in [2.75, 3.05) is 19.6 Å². The van der Waals surface area contributed by atoms with Gasteiger partial charge in [0.15, 0.2) is 0 Å². The van der Waals surface area contributed by atoms with E-state index in [1.807, 2.05) is 12.3 Å². The first-order chi connectivity index (χ1) is 10.2. The van der Waals surface area contributed by atoms with Gasteiger partial charge in [-0.05, 0) is 30.5 Å². The number of benzene rings is 1. The molecule has 0 radical (unpaired) electrons. The van der Waals surface area contributed by atoms with Gasteiger partial charge in [-0.25, -0.2) is 0 Å². The van der Waals surface area contributed by atoms with E-state index in [-0.39, 0.29) is 5.91 Å². The fourth-order valence-electron chi connectivity index (χ4n) is 2.17. The maximum atomic E-state index is 11.6. The van der Waals surface area contributed by atoms with Crippen molar-refractivity contribution in [2.24, 2.45) is 5.92 Å². The smallest absolute Gasteiger partial charge is 0.233 e. The number of pyridine rings is 1. The normalized spacial score (nSPS) is 11.0. The fourth-order valence-corrected chi connectivity index (χ4v) is 2.17. The highest BCUT2D eigenvalue weighted by molar-refractivity contribution is 5.81. The summed E-state index contributed by atoms with van der Waals surface area (Å²) in [4.78, 5) is 16.0. The molecular formula is C17H23N3O. The summed E-state index contributed by atoms with van der Waals surface area (Å²) in [5.41, 5.74) is 2.26. The van der Waals surface area contributed by atoms with Gasteiger partial charge in [0, 0.05) is 18.1 Å². The van der Waals surface area contributed by atoms with Gasteiger partial charge < -0.3 is 10.6 Å². The molecule has 2 N–H and O–H groups in total. The molecule has 1 heterocycles. The lowest BCUT2D eigenvalue weighted by molar-refractivity contribution is -0.120. The maximum Gasteiger partial charge on any atom is 0.233 e. The lowest BCUT2D eigenvalue weighted by Gasteiger charge is -2.09. The summed E-state index contributed by atoms with van der Waals surface area (Å²) < 4.78 is 0. The van der Waals surface area contributed by atoms with Crippen LogP contribution in [-0.2, 0) is 11.2 Å². The molecule has 21 heavy (non-hydrogen) atoms. The molecular weight excluding hydrogens is 262 g/mol. The highest BCUT2D eigenvalue weighted by Gasteiger charge is 2.03. The number of aromatic nitrogens is 1. The van der Waals surface area contributed by atoms with Crippen LogP contribution in [0.1, 0.15) is 19.4 Å². The Hall–Kier alpha value is -1.94. The topological polar surface area (TPSA) is 54.0 Å². The molecule has 1 amide bonds. The Morgan fingerprint density at radius 1 is 1.24 bits per heavy atom. The molecule has 0 spiro atoms. The molecule has 0 bridgehead atoms. The van der Waals surface area contributed by atoms with Crippen LogP contribution in [0.25, 0.3) is 10.9 Å². The van der Waals surface area contributed by atoms with E-state index in [0.717, 1.165) is 30.4 Å². The number of hydrogen-bond donors (Lipinski definition) is 2. The number of amides is 1. The molecule has 4 heteroatoms. The second-order valence-electron chi connectivity index (χ2n) is 5.62. The van der Waals surface area contributed by atoms with Gasteiger partial charge in [-0.1, -0.05) is 38.1 Å². The van der Waals surface area contributed by atoms with Gasteiger partial charge in [-0.2, -0.15) is 0 Å². The van der Waals surface area contributed by atoms with Crippen LogP contribution in [-0.4, -0.2) is 30.5 Å². The molecule has 0 aliphatic rings. The van der Waals surface area contributed by atoms with E-state index in [4.69, 9.17) is 0 Å². The molecule has 0 aliphatic carbocycles. The van der Waals surface area contributed by atoms with Crippen molar-refractivity contribution in [1.82, 2.24) is 15.6 Å². The molecule has 0 saturated carbocycles. The summed E-state index contributed by atoms with van der Waals surface area (Å²) in [5, 5.41) is 7.24. The van der Waals surface area contributed by atoms with Crippen LogP contribution in [0.4, 0.5) is 0 Å². The van der Waals surface area contributed by atoms with Crippen LogP contribution in [0.2, 0.25) is 0 Å². The van der Waals surface area contributed by atoms with Crippen LogP contribution >= 0.6 is 0 Å². The predicted molar refractivity (Wildman–Crippen MR) is 86.2 cm³/mol. The molecule has 0 unspecified atom stereocenters. The van der Waals surface area contributed by atoms with E-state index in [9.17, 15) is 4.79 Å². The third-order valence-electron chi connectivity index (χ3n) is 3.28. The molecule has 112 valence electrons. The van der Waals surface area contributed by atoms with Gasteiger partial charge in [0.25, 0.3) is 0 Å². The minimum atomic E-state index is 0.0553. The number of para-hydroxylation sites is 1. The summed E-state index contributed by atoms with van der Waals surface area (Å²) in [6.07, 6.45) is 2.68. The number of carbonyl (C=O) groups is 1. The molecule has 4 nitrogen and oxygen atoms in total. The van der Waals surface area contributed by atoms with Gasteiger partial charge in [-0.3, -0.25) is 9.78 Å². The monoisotopic (exact) mass is 285 g/mol. The highest BCUT2D eigenvalue weighted by Crippen LogP contribution is 2.15. The third-order valence-corrected chi connectivity index (χ3v) is 3.28. The summed E-state index contributed by atoms with van der Waals surface area (Å²) in [6.45, 7) is 6.03. The number of hydrogen-bond acceptors (Lipinski definition) is 3. The van der Waals surface area contributed by atoms with E-state index in [1.54, 1.807) is 0 Å². The number of rotatable bonds is 7. The molecule has 1 aromatic heterocycles. The number of fused-ring (bicyclic) bond motifs is 1.